The number of nitrogens with one attached hydrogen (secondary N) is 2. The number of amides is 2. The van der Waals surface area contributed by atoms with Crippen LogP contribution in [-0.2, 0) is 27.3 Å². The summed E-state index contributed by atoms with van der Waals surface area (Å²) in [4.78, 5) is 52.2. The van der Waals surface area contributed by atoms with Crippen molar-refractivity contribution in [2.75, 3.05) is 5.32 Å². The lowest BCUT2D eigenvalue weighted by Crippen LogP contribution is -2.41. The molecule has 41 heavy (non-hydrogen) atoms. The quantitative estimate of drug-likeness (QED) is 0.198. The van der Waals surface area contributed by atoms with Crippen molar-refractivity contribution in [3.63, 3.8) is 0 Å². The average molecular weight is 564 g/mol. The van der Waals surface area contributed by atoms with Gasteiger partial charge in [0, 0.05) is 19.3 Å². The number of aryl methyl sites for hydroxylation is 1. The van der Waals surface area contributed by atoms with Crippen molar-refractivity contribution in [1.82, 2.24) is 20.1 Å². The van der Waals surface area contributed by atoms with E-state index in [0.717, 1.165) is 30.4 Å². The third-order valence-electron chi connectivity index (χ3n) is 6.56. The summed E-state index contributed by atoms with van der Waals surface area (Å²) < 4.78 is 1.72. The summed E-state index contributed by atoms with van der Waals surface area (Å²) in [6, 6.07) is 13.2. The van der Waals surface area contributed by atoms with Crippen LogP contribution >= 0.6 is 0 Å². The lowest BCUT2D eigenvalue weighted by molar-refractivity contribution is -0.142. The zero-order valence-electron chi connectivity index (χ0n) is 23.4. The second kappa shape index (κ2) is 15.3. The molecule has 3 aromatic rings. The number of nitrogens with zero attached hydrogens (tertiary/aromatic N) is 3. The summed E-state index contributed by atoms with van der Waals surface area (Å²) in [5, 5.41) is 28.5. The largest absolute Gasteiger partial charge is 0.480 e. The van der Waals surface area contributed by atoms with Gasteiger partial charge >= 0.3 is 11.9 Å². The average Bonchev–Trinajstić information content (AvgIpc) is 3.33. The molecule has 0 aliphatic heterocycles. The number of hydrogen-bond donors (Lipinski definition) is 4. The first kappa shape index (κ1) is 31.0. The summed E-state index contributed by atoms with van der Waals surface area (Å²) in [6.45, 7) is 4.40. The maximum Gasteiger partial charge on any atom is 0.336 e. The van der Waals surface area contributed by atoms with Gasteiger partial charge < -0.3 is 15.5 Å². The Kier molecular flexibility index (Phi) is 11.6. The molecule has 1 atom stereocenters. The zero-order valence-corrected chi connectivity index (χ0v) is 23.4. The number of carboxylic acid groups (broad SMARTS) is 2. The number of aromatic nitrogens is 3. The smallest absolute Gasteiger partial charge is 0.336 e. The minimum atomic E-state index is -1.19. The Bertz CT molecular complexity index is 1350. The maximum atomic E-state index is 12.6. The number of aliphatic carboxylic acids is 1. The van der Waals surface area contributed by atoms with E-state index in [0.29, 0.717) is 30.8 Å². The van der Waals surface area contributed by atoms with Gasteiger partial charge in [0.1, 0.15) is 11.9 Å². The van der Waals surface area contributed by atoms with Gasteiger partial charge in [-0.2, -0.15) is 4.98 Å². The number of aromatic carboxylic acids is 1. The van der Waals surface area contributed by atoms with Crippen LogP contribution in [0.25, 0.3) is 11.1 Å². The normalized spacial score (nSPS) is 11.6. The molecule has 4 N–H and O–H groups in total. The Morgan fingerprint density at radius 3 is 2.27 bits per heavy atom. The predicted molar refractivity (Wildman–Crippen MR) is 154 cm³/mol. The molecule has 1 aromatic heterocycles. The molecule has 0 spiro atoms. The minimum Gasteiger partial charge on any atom is -0.480 e. The highest BCUT2D eigenvalue weighted by atomic mass is 16.4. The molecule has 0 saturated carbocycles. The highest BCUT2D eigenvalue weighted by Crippen LogP contribution is 2.24. The maximum absolute atomic E-state index is 12.6. The van der Waals surface area contributed by atoms with Crippen LogP contribution in [0.15, 0.2) is 48.5 Å². The molecular formula is C30H37N5O6. The van der Waals surface area contributed by atoms with E-state index in [9.17, 15) is 29.4 Å². The summed E-state index contributed by atoms with van der Waals surface area (Å²) in [5.41, 5.74) is 2.56. The lowest BCUT2D eigenvalue weighted by Gasteiger charge is -2.14. The molecule has 3 rings (SSSR count). The molecule has 2 amide bonds. The third-order valence-corrected chi connectivity index (χ3v) is 6.56. The van der Waals surface area contributed by atoms with E-state index in [2.05, 4.69) is 27.6 Å². The fourth-order valence-corrected chi connectivity index (χ4v) is 4.28. The third kappa shape index (κ3) is 9.26. The minimum absolute atomic E-state index is 0.0558. The van der Waals surface area contributed by atoms with Gasteiger partial charge in [0.05, 0.1) is 12.1 Å². The summed E-state index contributed by atoms with van der Waals surface area (Å²) in [7, 11) is 0. The van der Waals surface area contributed by atoms with Crippen molar-refractivity contribution in [2.24, 2.45) is 0 Å². The number of hydrogen-bond acceptors (Lipinski definition) is 6. The zero-order chi connectivity index (χ0) is 29.8. The molecule has 218 valence electrons. The SMILES string of the molecule is CCCCC(=O)NC(CCC(=O)Nc1nc(CCCC)n(Cc2ccc(-c3ccccc3C(=O)O)cc2)n1)C(=O)O. The van der Waals surface area contributed by atoms with E-state index < -0.39 is 23.9 Å². The highest BCUT2D eigenvalue weighted by Gasteiger charge is 2.21. The van der Waals surface area contributed by atoms with Crippen molar-refractivity contribution < 1.29 is 29.4 Å². The number of benzene rings is 2. The Labute approximate surface area is 239 Å². The fourth-order valence-electron chi connectivity index (χ4n) is 4.28. The number of carbonyl (C=O) groups is 4. The first-order valence-corrected chi connectivity index (χ1v) is 13.9. The molecule has 11 heteroatoms. The van der Waals surface area contributed by atoms with Crippen LogP contribution < -0.4 is 10.6 Å². The van der Waals surface area contributed by atoms with Crippen molar-refractivity contribution >= 4 is 29.7 Å². The number of carbonyl (C=O) groups excluding carboxylic acids is 2. The van der Waals surface area contributed by atoms with E-state index in [-0.39, 0.29) is 36.7 Å². The molecule has 0 fully saturated rings. The Morgan fingerprint density at radius 1 is 0.902 bits per heavy atom. The highest BCUT2D eigenvalue weighted by molar-refractivity contribution is 5.96. The summed E-state index contributed by atoms with van der Waals surface area (Å²) >= 11 is 0. The molecule has 1 heterocycles. The second-order valence-electron chi connectivity index (χ2n) is 9.81. The molecule has 1 unspecified atom stereocenters. The van der Waals surface area contributed by atoms with E-state index in [4.69, 9.17) is 0 Å². The molecular weight excluding hydrogens is 526 g/mol. The van der Waals surface area contributed by atoms with Crippen LogP contribution in [0.2, 0.25) is 0 Å². The summed E-state index contributed by atoms with van der Waals surface area (Å²) in [6.07, 6.45) is 4.04. The standard InChI is InChI=1S/C30H37N5O6/c1-3-5-11-25-32-30(33-27(37)18-17-24(29(40)41)31-26(36)12-6-4-2)34-35(25)19-20-13-15-21(16-14-20)22-9-7-8-10-23(22)28(38)39/h7-10,13-16,24H,3-6,11-12,17-19H2,1-2H3,(H,31,36)(H,38,39)(H,40,41)(H,33,34,37). The molecule has 0 radical (unpaired) electrons. The van der Waals surface area contributed by atoms with Crippen LogP contribution in [0.1, 0.15) is 80.5 Å². The van der Waals surface area contributed by atoms with E-state index in [1.54, 1.807) is 28.9 Å². The van der Waals surface area contributed by atoms with Gasteiger partial charge in [0.2, 0.25) is 17.8 Å². The number of unbranched alkanes of at least 4 members (excludes halogenated alkanes) is 2. The first-order chi connectivity index (χ1) is 19.7. The van der Waals surface area contributed by atoms with Crippen LogP contribution in [0, 0.1) is 0 Å². The number of rotatable bonds is 16. The number of anilines is 1. The molecule has 0 saturated heterocycles. The van der Waals surface area contributed by atoms with E-state index in [1.807, 2.05) is 31.2 Å². The monoisotopic (exact) mass is 563 g/mol. The van der Waals surface area contributed by atoms with Gasteiger partial charge in [0.25, 0.3) is 0 Å². The molecule has 0 aliphatic rings. The van der Waals surface area contributed by atoms with Crippen LogP contribution in [0.5, 0.6) is 0 Å². The Hall–Kier alpha value is -4.54. The molecule has 11 nitrogen and oxygen atoms in total. The topological polar surface area (TPSA) is 164 Å². The Balaban J connectivity index is 1.67. The summed E-state index contributed by atoms with van der Waals surface area (Å²) in [5.74, 6) is -2.14. The van der Waals surface area contributed by atoms with Gasteiger partial charge in [-0.3, -0.25) is 14.9 Å². The van der Waals surface area contributed by atoms with Gasteiger partial charge in [-0.1, -0.05) is 69.2 Å². The van der Waals surface area contributed by atoms with Crippen LogP contribution in [0.3, 0.4) is 0 Å². The Morgan fingerprint density at radius 2 is 1.61 bits per heavy atom. The van der Waals surface area contributed by atoms with Gasteiger partial charge in [-0.15, -0.1) is 5.10 Å². The molecule has 2 aromatic carbocycles. The van der Waals surface area contributed by atoms with Crippen molar-refractivity contribution in [1.29, 1.82) is 0 Å². The molecule has 0 aliphatic carbocycles. The number of carboxylic acids is 2. The van der Waals surface area contributed by atoms with Crippen molar-refractivity contribution in [2.45, 2.75) is 77.8 Å². The van der Waals surface area contributed by atoms with Gasteiger partial charge in [-0.25, -0.2) is 14.3 Å². The molecule has 0 bridgehead atoms. The predicted octanol–water partition coefficient (Wildman–Crippen LogP) is 4.51. The van der Waals surface area contributed by atoms with E-state index in [1.165, 1.54) is 0 Å². The van der Waals surface area contributed by atoms with Gasteiger partial charge in [-0.05, 0) is 42.0 Å². The fraction of sp³-hybridized carbons (Fsp3) is 0.400. The van der Waals surface area contributed by atoms with E-state index >= 15 is 0 Å². The lowest BCUT2D eigenvalue weighted by atomic mass is 9.99. The van der Waals surface area contributed by atoms with Crippen LogP contribution in [-0.4, -0.2) is 54.8 Å². The van der Waals surface area contributed by atoms with Gasteiger partial charge in [0.15, 0.2) is 0 Å². The van der Waals surface area contributed by atoms with Crippen LogP contribution in [0.4, 0.5) is 5.95 Å². The van der Waals surface area contributed by atoms with Crippen molar-refractivity contribution in [3.8, 4) is 11.1 Å². The van der Waals surface area contributed by atoms with Crippen molar-refractivity contribution in [3.05, 3.63) is 65.5 Å². The second-order valence-corrected chi connectivity index (χ2v) is 9.81. The first-order valence-electron chi connectivity index (χ1n) is 13.9.